The fraction of sp³-hybridized carbons (Fsp3) is 0.625. The molecule has 2 atom stereocenters. The number of aliphatic hydroxyl groups excluding tert-OH is 1. The highest BCUT2D eigenvalue weighted by molar-refractivity contribution is 5.41. The van der Waals surface area contributed by atoms with Crippen molar-refractivity contribution in [2.75, 3.05) is 0 Å². The van der Waals surface area contributed by atoms with E-state index in [0.717, 1.165) is 11.1 Å². The highest BCUT2D eigenvalue weighted by Gasteiger charge is 2.43. The summed E-state index contributed by atoms with van der Waals surface area (Å²) in [5, 5.41) is 10.4. The van der Waals surface area contributed by atoms with Crippen LogP contribution in [0.4, 0.5) is 8.78 Å². The van der Waals surface area contributed by atoms with Gasteiger partial charge in [-0.05, 0) is 40.5 Å². The van der Waals surface area contributed by atoms with Crippen molar-refractivity contribution in [2.45, 2.75) is 58.5 Å². The van der Waals surface area contributed by atoms with Crippen molar-refractivity contribution in [1.29, 1.82) is 0 Å². The van der Waals surface area contributed by atoms with Crippen molar-refractivity contribution in [1.82, 2.24) is 0 Å². The summed E-state index contributed by atoms with van der Waals surface area (Å²) < 4.78 is 27.1. The minimum absolute atomic E-state index is 0.175. The van der Waals surface area contributed by atoms with Gasteiger partial charge in [-0.1, -0.05) is 34.6 Å². The van der Waals surface area contributed by atoms with Gasteiger partial charge < -0.3 is 5.11 Å². The predicted molar refractivity (Wildman–Crippen MR) is 72.2 cm³/mol. The monoisotopic (exact) mass is 268 g/mol. The van der Waals surface area contributed by atoms with Crippen LogP contribution in [0.25, 0.3) is 0 Å². The van der Waals surface area contributed by atoms with Gasteiger partial charge in [0.25, 0.3) is 0 Å². The van der Waals surface area contributed by atoms with Gasteiger partial charge in [0.1, 0.15) is 0 Å². The molecule has 19 heavy (non-hydrogen) atoms. The third-order valence-electron chi connectivity index (χ3n) is 4.19. The number of rotatable bonds is 0. The zero-order valence-electron chi connectivity index (χ0n) is 12.2. The van der Waals surface area contributed by atoms with Crippen LogP contribution in [0, 0.1) is 17.0 Å². The van der Waals surface area contributed by atoms with Crippen molar-refractivity contribution in [2.24, 2.45) is 5.41 Å². The van der Waals surface area contributed by atoms with Crippen LogP contribution in [0.1, 0.15) is 58.1 Å². The highest BCUT2D eigenvalue weighted by atomic mass is 19.2. The van der Waals surface area contributed by atoms with E-state index < -0.39 is 17.7 Å². The second-order valence-electron chi connectivity index (χ2n) is 7.35. The lowest BCUT2D eigenvalue weighted by molar-refractivity contribution is 0.0526. The Hall–Kier alpha value is -0.960. The average Bonchev–Trinajstić information content (AvgIpc) is 2.18. The molecule has 2 unspecified atom stereocenters. The van der Waals surface area contributed by atoms with Crippen molar-refractivity contribution < 1.29 is 13.9 Å². The van der Waals surface area contributed by atoms with Crippen LogP contribution in [0.3, 0.4) is 0 Å². The molecule has 0 radical (unpaired) electrons. The van der Waals surface area contributed by atoms with Crippen molar-refractivity contribution >= 4 is 0 Å². The Morgan fingerprint density at radius 1 is 1.16 bits per heavy atom. The molecule has 1 N–H and O–H groups in total. The fourth-order valence-electron chi connectivity index (χ4n) is 3.41. The summed E-state index contributed by atoms with van der Waals surface area (Å²) in [6, 6.07) is 2.57. The number of hydrogen-bond acceptors (Lipinski definition) is 1. The molecule has 1 aliphatic rings. The van der Waals surface area contributed by atoms with E-state index in [1.807, 2.05) is 34.6 Å². The minimum atomic E-state index is -0.835. The fourth-order valence-corrected chi connectivity index (χ4v) is 3.41. The first-order valence-corrected chi connectivity index (χ1v) is 6.71. The molecule has 106 valence electrons. The molecule has 0 amide bonds. The standard InChI is InChI=1S/C16H22F2O/c1-15(2,3)14-9-6-11(17)12(18)7-10(9)16(4,5)8-13(14)19/h6-7,13-14,19H,8H2,1-5H3. The van der Waals surface area contributed by atoms with E-state index in [-0.39, 0.29) is 16.7 Å². The molecule has 0 saturated heterocycles. The molecule has 1 nitrogen and oxygen atoms in total. The molecular formula is C16H22F2O. The van der Waals surface area contributed by atoms with Crippen LogP contribution in [0.5, 0.6) is 0 Å². The molecule has 0 spiro atoms. The Kier molecular flexibility index (Phi) is 3.25. The lowest BCUT2D eigenvalue weighted by atomic mass is 9.61. The average molecular weight is 268 g/mol. The van der Waals surface area contributed by atoms with Crippen LogP contribution >= 0.6 is 0 Å². The molecule has 0 bridgehead atoms. The maximum Gasteiger partial charge on any atom is 0.159 e. The molecule has 3 heteroatoms. The second-order valence-corrected chi connectivity index (χ2v) is 7.35. The third-order valence-corrected chi connectivity index (χ3v) is 4.19. The summed E-state index contributed by atoms with van der Waals surface area (Å²) in [4.78, 5) is 0. The quantitative estimate of drug-likeness (QED) is 0.750. The molecule has 0 aliphatic heterocycles. The van der Waals surface area contributed by atoms with Gasteiger partial charge in [0.15, 0.2) is 11.6 Å². The van der Waals surface area contributed by atoms with E-state index in [2.05, 4.69) is 0 Å². The number of fused-ring (bicyclic) bond motifs is 1. The third kappa shape index (κ3) is 2.40. The van der Waals surface area contributed by atoms with Gasteiger partial charge in [-0.3, -0.25) is 0 Å². The van der Waals surface area contributed by atoms with E-state index in [1.54, 1.807) is 0 Å². The number of halogens is 2. The number of benzene rings is 1. The predicted octanol–water partition coefficient (Wildman–Crippen LogP) is 4.14. The first-order chi connectivity index (χ1) is 8.54. The lowest BCUT2D eigenvalue weighted by Crippen LogP contribution is -2.41. The van der Waals surface area contributed by atoms with Gasteiger partial charge in [0.2, 0.25) is 0 Å². The molecule has 1 aliphatic carbocycles. The molecular weight excluding hydrogens is 246 g/mol. The molecule has 0 fully saturated rings. The van der Waals surface area contributed by atoms with Crippen molar-refractivity contribution in [3.8, 4) is 0 Å². The maximum absolute atomic E-state index is 13.6. The Labute approximate surface area is 113 Å². The Balaban J connectivity index is 2.69. The normalized spacial score (nSPS) is 26.1. The molecule has 0 saturated carbocycles. The zero-order chi connectivity index (χ0) is 14.6. The smallest absolute Gasteiger partial charge is 0.159 e. The van der Waals surface area contributed by atoms with Crippen LogP contribution in [-0.4, -0.2) is 11.2 Å². The molecule has 2 rings (SSSR count). The SMILES string of the molecule is CC1(C)CC(O)C(C(C)(C)C)c2cc(F)c(F)cc21. The van der Waals surface area contributed by atoms with E-state index in [4.69, 9.17) is 0 Å². The summed E-state index contributed by atoms with van der Waals surface area (Å²) in [6.45, 7) is 9.98. The Morgan fingerprint density at radius 2 is 1.68 bits per heavy atom. The van der Waals surface area contributed by atoms with Crippen LogP contribution in [0.15, 0.2) is 12.1 Å². The molecule has 0 heterocycles. The number of aliphatic hydroxyl groups is 1. The van der Waals surface area contributed by atoms with Crippen molar-refractivity contribution in [3.63, 3.8) is 0 Å². The summed E-state index contributed by atoms with van der Waals surface area (Å²) in [5.74, 6) is -1.82. The van der Waals surface area contributed by atoms with E-state index in [1.165, 1.54) is 12.1 Å². The van der Waals surface area contributed by atoms with Gasteiger partial charge in [-0.2, -0.15) is 0 Å². The Bertz CT molecular complexity index is 500. The van der Waals surface area contributed by atoms with E-state index in [0.29, 0.717) is 6.42 Å². The zero-order valence-corrected chi connectivity index (χ0v) is 12.2. The first kappa shape index (κ1) is 14.4. The van der Waals surface area contributed by atoms with E-state index >= 15 is 0 Å². The summed E-state index contributed by atoms with van der Waals surface area (Å²) >= 11 is 0. The first-order valence-electron chi connectivity index (χ1n) is 6.71. The second kappa shape index (κ2) is 4.27. The largest absolute Gasteiger partial charge is 0.392 e. The van der Waals surface area contributed by atoms with Gasteiger partial charge in [-0.25, -0.2) is 8.78 Å². The summed E-state index contributed by atoms with van der Waals surface area (Å²) in [5.41, 5.74) is 1.02. The highest BCUT2D eigenvalue weighted by Crippen LogP contribution is 2.49. The van der Waals surface area contributed by atoms with Crippen molar-refractivity contribution in [3.05, 3.63) is 34.9 Å². The van der Waals surface area contributed by atoms with Crippen LogP contribution in [0.2, 0.25) is 0 Å². The summed E-state index contributed by atoms with van der Waals surface area (Å²) in [6.07, 6.45) is 0.0277. The maximum atomic E-state index is 13.6. The summed E-state index contributed by atoms with van der Waals surface area (Å²) in [7, 11) is 0. The minimum Gasteiger partial charge on any atom is -0.392 e. The van der Waals surface area contributed by atoms with Gasteiger partial charge >= 0.3 is 0 Å². The van der Waals surface area contributed by atoms with Gasteiger partial charge in [0.05, 0.1) is 6.10 Å². The molecule has 1 aromatic rings. The number of hydrogen-bond donors (Lipinski definition) is 1. The molecule has 0 aromatic heterocycles. The topological polar surface area (TPSA) is 20.2 Å². The Morgan fingerprint density at radius 3 is 2.21 bits per heavy atom. The van der Waals surface area contributed by atoms with Gasteiger partial charge in [-0.15, -0.1) is 0 Å². The van der Waals surface area contributed by atoms with Gasteiger partial charge in [0, 0.05) is 5.92 Å². The van der Waals surface area contributed by atoms with Crippen LogP contribution in [-0.2, 0) is 5.41 Å². The molecule has 1 aromatic carbocycles. The van der Waals surface area contributed by atoms with E-state index in [9.17, 15) is 13.9 Å². The lowest BCUT2D eigenvalue weighted by Gasteiger charge is -2.45. The van der Waals surface area contributed by atoms with Crippen LogP contribution < -0.4 is 0 Å².